The number of amides is 2. The molecule has 128 valence electrons. The summed E-state index contributed by atoms with van der Waals surface area (Å²) in [5.41, 5.74) is 0.573. The summed E-state index contributed by atoms with van der Waals surface area (Å²) in [6, 6.07) is 5.04. The van der Waals surface area contributed by atoms with Crippen molar-refractivity contribution in [3.05, 3.63) is 23.9 Å². The van der Waals surface area contributed by atoms with Crippen LogP contribution in [0, 0.1) is 17.2 Å². The third-order valence-corrected chi connectivity index (χ3v) is 4.08. The third-order valence-electron chi connectivity index (χ3n) is 4.08. The number of hydrogen-bond donors (Lipinski definition) is 1. The van der Waals surface area contributed by atoms with Gasteiger partial charge >= 0.3 is 0 Å². The third kappa shape index (κ3) is 4.22. The lowest BCUT2D eigenvalue weighted by Gasteiger charge is -2.37. The van der Waals surface area contributed by atoms with Crippen LogP contribution < -0.4 is 10.2 Å². The quantitative estimate of drug-likeness (QED) is 0.881. The number of anilines is 1. The van der Waals surface area contributed by atoms with Crippen molar-refractivity contribution >= 4 is 17.6 Å². The fraction of sp³-hybridized carbons (Fsp3) is 0.529. The molecule has 1 atom stereocenters. The number of hydrogen-bond acceptors (Lipinski definition) is 5. The van der Waals surface area contributed by atoms with E-state index in [4.69, 9.17) is 5.26 Å². The Bertz CT molecular complexity index is 645. The number of rotatable bonds is 4. The Morgan fingerprint density at radius 2 is 1.96 bits per heavy atom. The second-order valence-corrected chi connectivity index (χ2v) is 6.25. The summed E-state index contributed by atoms with van der Waals surface area (Å²) in [6.07, 6.45) is 1.62. The van der Waals surface area contributed by atoms with Crippen LogP contribution in [0.2, 0.25) is 0 Å². The summed E-state index contributed by atoms with van der Waals surface area (Å²) in [5.74, 6) is 0.550. The minimum Gasteiger partial charge on any atom is -0.353 e. The number of nitrogens with zero attached hydrogens (tertiary/aromatic N) is 4. The number of nitrogens with one attached hydrogen (secondary N) is 1. The second kappa shape index (κ2) is 7.77. The average Bonchev–Trinajstić information content (AvgIpc) is 2.59. The van der Waals surface area contributed by atoms with E-state index < -0.39 is 6.04 Å². The Morgan fingerprint density at radius 1 is 1.29 bits per heavy atom. The molecule has 0 aliphatic carbocycles. The Labute approximate surface area is 142 Å². The number of nitriles is 1. The summed E-state index contributed by atoms with van der Waals surface area (Å²) in [7, 11) is 0. The van der Waals surface area contributed by atoms with E-state index in [1.165, 1.54) is 6.92 Å². The molecule has 0 unspecified atom stereocenters. The monoisotopic (exact) mass is 329 g/mol. The Balaban J connectivity index is 1.99. The van der Waals surface area contributed by atoms with Crippen molar-refractivity contribution in [2.45, 2.75) is 26.8 Å². The van der Waals surface area contributed by atoms with E-state index in [9.17, 15) is 9.59 Å². The zero-order valence-corrected chi connectivity index (χ0v) is 14.3. The van der Waals surface area contributed by atoms with Crippen LogP contribution in [0.5, 0.6) is 0 Å². The van der Waals surface area contributed by atoms with Gasteiger partial charge in [0.1, 0.15) is 11.9 Å². The first kappa shape index (κ1) is 17.7. The summed E-state index contributed by atoms with van der Waals surface area (Å²) in [5, 5.41) is 11.7. The highest BCUT2D eigenvalue weighted by molar-refractivity contribution is 5.87. The maximum Gasteiger partial charge on any atom is 0.245 e. The lowest BCUT2D eigenvalue weighted by Crippen LogP contribution is -2.56. The molecule has 7 nitrogen and oxygen atoms in total. The average molecular weight is 329 g/mol. The SMILES string of the molecule is CC(=O)N[C@H](C(=O)N1CCN(c2cc(C#N)ccn2)CC1)C(C)C. The molecule has 1 aromatic rings. The number of carbonyl (C=O) groups excluding carboxylic acids is 2. The summed E-state index contributed by atoms with van der Waals surface area (Å²) in [4.78, 5) is 32.1. The first-order chi connectivity index (χ1) is 11.4. The largest absolute Gasteiger partial charge is 0.353 e. The topological polar surface area (TPSA) is 89.3 Å². The molecule has 2 rings (SSSR count). The van der Waals surface area contributed by atoms with E-state index in [0.29, 0.717) is 31.7 Å². The van der Waals surface area contributed by atoms with E-state index in [2.05, 4.69) is 21.3 Å². The van der Waals surface area contributed by atoms with Gasteiger partial charge in [-0.25, -0.2) is 4.98 Å². The molecule has 7 heteroatoms. The predicted octanol–water partition coefficient (Wildman–Crippen LogP) is 0.763. The van der Waals surface area contributed by atoms with Gasteiger partial charge in [0.05, 0.1) is 11.6 Å². The van der Waals surface area contributed by atoms with Crippen LogP contribution in [-0.4, -0.2) is 53.9 Å². The van der Waals surface area contributed by atoms with Crippen molar-refractivity contribution < 1.29 is 9.59 Å². The summed E-state index contributed by atoms with van der Waals surface area (Å²) >= 11 is 0. The zero-order valence-electron chi connectivity index (χ0n) is 14.3. The number of pyridine rings is 1. The van der Waals surface area contributed by atoms with E-state index in [1.54, 1.807) is 23.2 Å². The Morgan fingerprint density at radius 3 is 2.50 bits per heavy atom. The standard InChI is InChI=1S/C17H23N5O2/c1-12(2)16(20-13(3)23)17(24)22-8-6-21(7-9-22)15-10-14(11-18)4-5-19-15/h4-5,10,12,16H,6-9H2,1-3H3,(H,20,23)/t16-/m0/s1. The molecule has 1 aliphatic rings. The van der Waals surface area contributed by atoms with Crippen molar-refractivity contribution in [1.29, 1.82) is 5.26 Å². The number of carbonyl (C=O) groups is 2. The zero-order chi connectivity index (χ0) is 17.7. The molecule has 1 aliphatic heterocycles. The Hall–Kier alpha value is -2.62. The van der Waals surface area contributed by atoms with Gasteiger partial charge in [-0.2, -0.15) is 5.26 Å². The fourth-order valence-corrected chi connectivity index (χ4v) is 2.75. The first-order valence-corrected chi connectivity index (χ1v) is 8.09. The van der Waals surface area contributed by atoms with Crippen LogP contribution in [0.15, 0.2) is 18.3 Å². The van der Waals surface area contributed by atoms with Gasteiger partial charge in [0.25, 0.3) is 0 Å². The highest BCUT2D eigenvalue weighted by atomic mass is 16.2. The molecule has 1 fully saturated rings. The summed E-state index contributed by atoms with van der Waals surface area (Å²) in [6.45, 7) is 7.71. The highest BCUT2D eigenvalue weighted by Crippen LogP contribution is 2.16. The smallest absolute Gasteiger partial charge is 0.245 e. The van der Waals surface area contributed by atoms with E-state index in [1.807, 2.05) is 13.8 Å². The molecule has 0 saturated carbocycles. The van der Waals surface area contributed by atoms with Crippen LogP contribution in [0.25, 0.3) is 0 Å². The lowest BCUT2D eigenvalue weighted by molar-refractivity contribution is -0.137. The molecule has 0 aromatic carbocycles. The molecule has 0 spiro atoms. The van der Waals surface area contributed by atoms with Gasteiger partial charge < -0.3 is 15.1 Å². The van der Waals surface area contributed by atoms with Gasteiger partial charge in [0.2, 0.25) is 11.8 Å². The van der Waals surface area contributed by atoms with E-state index >= 15 is 0 Å². The molecule has 0 bridgehead atoms. The van der Waals surface area contributed by atoms with Crippen molar-refractivity contribution in [1.82, 2.24) is 15.2 Å². The van der Waals surface area contributed by atoms with Gasteiger partial charge in [0.15, 0.2) is 0 Å². The molecule has 24 heavy (non-hydrogen) atoms. The minimum absolute atomic E-state index is 0.0356. The summed E-state index contributed by atoms with van der Waals surface area (Å²) < 4.78 is 0. The van der Waals surface area contributed by atoms with Gasteiger partial charge in [-0.3, -0.25) is 9.59 Å². The Kier molecular flexibility index (Phi) is 5.74. The molecule has 0 radical (unpaired) electrons. The van der Waals surface area contributed by atoms with Crippen LogP contribution in [0.1, 0.15) is 26.3 Å². The van der Waals surface area contributed by atoms with Crippen LogP contribution in [0.3, 0.4) is 0 Å². The molecular weight excluding hydrogens is 306 g/mol. The van der Waals surface area contributed by atoms with Gasteiger partial charge in [-0.05, 0) is 18.1 Å². The first-order valence-electron chi connectivity index (χ1n) is 8.09. The molecule has 1 N–H and O–H groups in total. The number of aromatic nitrogens is 1. The van der Waals surface area contributed by atoms with Crippen molar-refractivity contribution in [2.24, 2.45) is 5.92 Å². The van der Waals surface area contributed by atoms with Gasteiger partial charge in [0, 0.05) is 39.3 Å². The van der Waals surface area contributed by atoms with Crippen LogP contribution in [0.4, 0.5) is 5.82 Å². The van der Waals surface area contributed by atoms with Crippen molar-refractivity contribution in [3.8, 4) is 6.07 Å². The maximum atomic E-state index is 12.7. The van der Waals surface area contributed by atoms with Crippen LogP contribution in [-0.2, 0) is 9.59 Å². The molecule has 1 aromatic heterocycles. The van der Waals surface area contributed by atoms with Crippen LogP contribution >= 0.6 is 0 Å². The lowest BCUT2D eigenvalue weighted by atomic mass is 10.0. The van der Waals surface area contributed by atoms with Crippen molar-refractivity contribution in [3.63, 3.8) is 0 Å². The van der Waals surface area contributed by atoms with Gasteiger partial charge in [-0.15, -0.1) is 0 Å². The predicted molar refractivity (Wildman–Crippen MR) is 90.2 cm³/mol. The molecule has 2 heterocycles. The highest BCUT2D eigenvalue weighted by Gasteiger charge is 2.30. The van der Waals surface area contributed by atoms with E-state index in [-0.39, 0.29) is 17.7 Å². The van der Waals surface area contributed by atoms with Crippen molar-refractivity contribution in [2.75, 3.05) is 31.1 Å². The van der Waals surface area contributed by atoms with E-state index in [0.717, 1.165) is 5.82 Å². The maximum absolute atomic E-state index is 12.7. The molecule has 1 saturated heterocycles. The normalized spacial score (nSPS) is 15.8. The molecule has 2 amide bonds. The molecular formula is C17H23N5O2. The second-order valence-electron chi connectivity index (χ2n) is 6.25. The fourth-order valence-electron chi connectivity index (χ4n) is 2.75. The van der Waals surface area contributed by atoms with Gasteiger partial charge in [-0.1, -0.05) is 13.8 Å². The minimum atomic E-state index is -0.492. The number of piperazine rings is 1.